The average Bonchev–Trinajstić information content (AvgIpc) is 2.91. The number of aliphatic hydroxyl groups is 1. The van der Waals surface area contributed by atoms with E-state index in [0.29, 0.717) is 36.3 Å². The number of nitrogens with two attached hydrogens (primary N) is 1. The quantitative estimate of drug-likeness (QED) is 0.850. The Bertz CT molecular complexity index is 487. The molecule has 0 unspecified atom stereocenters. The molecule has 3 rings (SSSR count). The van der Waals surface area contributed by atoms with Crippen molar-refractivity contribution in [3.8, 4) is 0 Å². The fraction of sp³-hybridized carbons (Fsp3) is 0.692. The van der Waals surface area contributed by atoms with Crippen molar-refractivity contribution in [2.75, 3.05) is 30.4 Å². The molecule has 3 heterocycles. The molecule has 2 aliphatic heterocycles. The molecule has 3 atom stereocenters. The van der Waals surface area contributed by atoms with Crippen LogP contribution in [0.5, 0.6) is 0 Å². The summed E-state index contributed by atoms with van der Waals surface area (Å²) in [5, 5.41) is 10.6. The van der Waals surface area contributed by atoms with Crippen LogP contribution in [-0.2, 0) is 4.74 Å². The van der Waals surface area contributed by atoms with Gasteiger partial charge >= 0.3 is 0 Å². The third kappa shape index (κ3) is 2.43. The number of aliphatic hydroxyl groups excluding tert-OH is 1. The molecule has 6 nitrogen and oxygen atoms in total. The zero-order chi connectivity index (χ0) is 14.1. The molecular weight excluding hydrogens is 280 g/mol. The van der Waals surface area contributed by atoms with Crippen LogP contribution in [0.1, 0.15) is 19.3 Å². The maximum atomic E-state index is 10.2. The number of hydrogen-bond acceptors (Lipinski definition) is 6. The highest BCUT2D eigenvalue weighted by atomic mass is 35.5. The van der Waals surface area contributed by atoms with E-state index in [1.54, 1.807) is 0 Å². The largest absolute Gasteiger partial charge is 0.393 e. The number of anilines is 2. The van der Waals surface area contributed by atoms with Gasteiger partial charge in [0.05, 0.1) is 12.7 Å². The average molecular weight is 299 g/mol. The minimum absolute atomic E-state index is 0.0958. The molecular formula is C13H19ClN4O2. The highest BCUT2D eigenvalue weighted by Crippen LogP contribution is 2.36. The van der Waals surface area contributed by atoms with Gasteiger partial charge in [-0.2, -0.15) is 0 Å². The van der Waals surface area contributed by atoms with Crippen molar-refractivity contribution in [1.82, 2.24) is 9.97 Å². The Balaban J connectivity index is 1.86. The van der Waals surface area contributed by atoms with Crippen molar-refractivity contribution < 1.29 is 9.84 Å². The van der Waals surface area contributed by atoms with Gasteiger partial charge in [-0.3, -0.25) is 0 Å². The number of hydrogen-bond donors (Lipinski definition) is 2. The predicted molar refractivity (Wildman–Crippen MR) is 76.8 cm³/mol. The second kappa shape index (κ2) is 5.71. The summed E-state index contributed by atoms with van der Waals surface area (Å²) >= 11 is 6.23. The molecule has 3 N–H and O–H groups in total. The fourth-order valence-electron chi connectivity index (χ4n) is 3.19. The minimum atomic E-state index is -0.327. The monoisotopic (exact) mass is 298 g/mol. The van der Waals surface area contributed by atoms with E-state index < -0.39 is 0 Å². The van der Waals surface area contributed by atoms with E-state index in [1.165, 1.54) is 6.33 Å². The molecule has 1 aromatic rings. The molecule has 0 aliphatic carbocycles. The summed E-state index contributed by atoms with van der Waals surface area (Å²) in [5.74, 6) is 1.06. The van der Waals surface area contributed by atoms with Gasteiger partial charge < -0.3 is 20.5 Å². The van der Waals surface area contributed by atoms with Crippen LogP contribution in [0, 0.1) is 5.92 Å². The van der Waals surface area contributed by atoms with Gasteiger partial charge in [-0.05, 0) is 19.3 Å². The first-order chi connectivity index (χ1) is 9.68. The molecule has 0 amide bonds. The van der Waals surface area contributed by atoms with Crippen molar-refractivity contribution >= 4 is 23.2 Å². The van der Waals surface area contributed by atoms with Crippen molar-refractivity contribution in [3.05, 3.63) is 11.3 Å². The summed E-state index contributed by atoms with van der Waals surface area (Å²) in [6, 6.07) is 0.192. The molecule has 2 fully saturated rings. The summed E-state index contributed by atoms with van der Waals surface area (Å²) < 4.78 is 5.53. The van der Waals surface area contributed by atoms with Gasteiger partial charge in [0.25, 0.3) is 0 Å². The first kappa shape index (κ1) is 13.9. The van der Waals surface area contributed by atoms with Gasteiger partial charge in [0.2, 0.25) is 0 Å². The molecule has 1 aromatic heterocycles. The number of rotatable bonds is 2. The first-order valence-electron chi connectivity index (χ1n) is 6.97. The Labute approximate surface area is 122 Å². The number of nitrogens with zero attached hydrogens (tertiary/aromatic N) is 3. The summed E-state index contributed by atoms with van der Waals surface area (Å²) in [5.41, 5.74) is 5.76. The van der Waals surface area contributed by atoms with Crippen molar-refractivity contribution in [2.24, 2.45) is 5.92 Å². The standard InChI is InChI=1S/C13H19ClN4O2/c14-11-12(15)16-7-17-13(11)18-4-1-2-9(18)8-6-20-5-3-10(8)19/h7-10,19H,1-6H2,(H2,15,16,17)/t8-,9+,10+/m0/s1. The molecule has 2 saturated heterocycles. The van der Waals surface area contributed by atoms with Crippen LogP contribution in [0.4, 0.5) is 11.6 Å². The SMILES string of the molecule is Nc1ncnc(N2CCC[C@@H]2[C@@H]2COCC[C@H]2O)c1Cl. The Kier molecular flexibility index (Phi) is 3.96. The van der Waals surface area contributed by atoms with Crippen LogP contribution >= 0.6 is 11.6 Å². The lowest BCUT2D eigenvalue weighted by Crippen LogP contribution is -2.46. The summed E-state index contributed by atoms with van der Waals surface area (Å²) in [6.07, 6.45) is 3.85. The lowest BCUT2D eigenvalue weighted by atomic mass is 9.89. The molecule has 0 radical (unpaired) electrons. The summed E-state index contributed by atoms with van der Waals surface area (Å²) in [4.78, 5) is 10.3. The van der Waals surface area contributed by atoms with Crippen molar-refractivity contribution in [3.63, 3.8) is 0 Å². The Morgan fingerprint density at radius 3 is 3.05 bits per heavy atom. The second-order valence-electron chi connectivity index (χ2n) is 5.39. The fourth-order valence-corrected chi connectivity index (χ4v) is 3.40. The van der Waals surface area contributed by atoms with E-state index in [-0.39, 0.29) is 18.1 Å². The van der Waals surface area contributed by atoms with Gasteiger partial charge in [-0.25, -0.2) is 9.97 Å². The van der Waals surface area contributed by atoms with E-state index >= 15 is 0 Å². The summed E-state index contributed by atoms with van der Waals surface area (Å²) in [7, 11) is 0. The minimum Gasteiger partial charge on any atom is -0.393 e. The molecule has 0 bridgehead atoms. The van der Waals surface area contributed by atoms with E-state index in [0.717, 1.165) is 19.4 Å². The molecule has 7 heteroatoms. The molecule has 0 aromatic carbocycles. The number of ether oxygens (including phenoxy) is 1. The van der Waals surface area contributed by atoms with Gasteiger partial charge in [-0.15, -0.1) is 0 Å². The zero-order valence-electron chi connectivity index (χ0n) is 11.2. The lowest BCUT2D eigenvalue weighted by molar-refractivity contribution is -0.0438. The number of nitrogen functional groups attached to an aromatic ring is 1. The topological polar surface area (TPSA) is 84.5 Å². The van der Waals surface area contributed by atoms with Crippen LogP contribution in [-0.4, -0.2) is 47.0 Å². The Morgan fingerprint density at radius 2 is 2.25 bits per heavy atom. The second-order valence-corrected chi connectivity index (χ2v) is 5.77. The lowest BCUT2D eigenvalue weighted by Gasteiger charge is -2.37. The molecule has 20 heavy (non-hydrogen) atoms. The third-order valence-electron chi connectivity index (χ3n) is 4.23. The highest BCUT2D eigenvalue weighted by molar-refractivity contribution is 6.35. The molecule has 0 spiro atoms. The predicted octanol–water partition coefficient (Wildman–Crippen LogP) is 1.08. The number of halogens is 1. The van der Waals surface area contributed by atoms with Crippen molar-refractivity contribution in [2.45, 2.75) is 31.4 Å². The maximum absolute atomic E-state index is 10.2. The molecule has 0 saturated carbocycles. The zero-order valence-corrected chi connectivity index (χ0v) is 12.0. The Morgan fingerprint density at radius 1 is 1.40 bits per heavy atom. The van der Waals surface area contributed by atoms with Crippen LogP contribution < -0.4 is 10.6 Å². The van der Waals surface area contributed by atoms with Crippen LogP contribution in [0.25, 0.3) is 0 Å². The van der Waals surface area contributed by atoms with E-state index in [4.69, 9.17) is 22.1 Å². The van der Waals surface area contributed by atoms with Gasteiger partial charge in [0.1, 0.15) is 17.2 Å². The van der Waals surface area contributed by atoms with Crippen LogP contribution in [0.3, 0.4) is 0 Å². The maximum Gasteiger partial charge on any atom is 0.153 e. The highest BCUT2D eigenvalue weighted by Gasteiger charge is 2.38. The van der Waals surface area contributed by atoms with Crippen molar-refractivity contribution in [1.29, 1.82) is 0 Å². The van der Waals surface area contributed by atoms with Crippen LogP contribution in [0.15, 0.2) is 6.33 Å². The molecule has 110 valence electrons. The van der Waals surface area contributed by atoms with E-state index in [1.807, 2.05) is 0 Å². The third-order valence-corrected chi connectivity index (χ3v) is 4.59. The van der Waals surface area contributed by atoms with Gasteiger partial charge in [-0.1, -0.05) is 11.6 Å². The van der Waals surface area contributed by atoms with Gasteiger partial charge in [0, 0.05) is 25.1 Å². The van der Waals surface area contributed by atoms with Gasteiger partial charge in [0.15, 0.2) is 5.82 Å². The number of aromatic nitrogens is 2. The van der Waals surface area contributed by atoms with Crippen LogP contribution in [0.2, 0.25) is 5.02 Å². The first-order valence-corrected chi connectivity index (χ1v) is 7.34. The van der Waals surface area contributed by atoms with E-state index in [9.17, 15) is 5.11 Å². The molecule has 2 aliphatic rings. The summed E-state index contributed by atoms with van der Waals surface area (Å²) in [6.45, 7) is 2.08. The normalized spacial score (nSPS) is 30.7. The smallest absolute Gasteiger partial charge is 0.153 e. The van der Waals surface area contributed by atoms with E-state index in [2.05, 4.69) is 14.9 Å². The Hall–Kier alpha value is -1.11.